The summed E-state index contributed by atoms with van der Waals surface area (Å²) < 4.78 is 6.10. The average Bonchev–Trinajstić information content (AvgIpc) is 2.98. The van der Waals surface area contributed by atoms with Crippen molar-refractivity contribution in [3.8, 4) is 6.07 Å². The predicted molar refractivity (Wildman–Crippen MR) is 96.3 cm³/mol. The molecule has 0 radical (unpaired) electrons. The molecular formula is C18H21N3O2S. The second-order valence-electron chi connectivity index (χ2n) is 5.96. The SMILES string of the molecule is COCCC(=O)N1CCC(Nc2c(C#N)sc3ccccc23)CC1. The van der Waals surface area contributed by atoms with E-state index in [1.807, 2.05) is 23.1 Å². The minimum Gasteiger partial charge on any atom is -0.384 e. The van der Waals surface area contributed by atoms with Crippen LogP contribution in [-0.4, -0.2) is 43.7 Å². The van der Waals surface area contributed by atoms with Gasteiger partial charge in [-0.15, -0.1) is 11.3 Å². The number of nitriles is 1. The van der Waals surface area contributed by atoms with Gasteiger partial charge in [0.15, 0.2) is 0 Å². The van der Waals surface area contributed by atoms with Gasteiger partial charge in [0.2, 0.25) is 5.91 Å². The maximum Gasteiger partial charge on any atom is 0.224 e. The van der Waals surface area contributed by atoms with E-state index in [-0.39, 0.29) is 5.91 Å². The molecule has 1 N–H and O–H groups in total. The molecule has 1 aromatic heterocycles. The van der Waals surface area contributed by atoms with Crippen molar-refractivity contribution in [3.05, 3.63) is 29.1 Å². The fourth-order valence-corrected chi connectivity index (χ4v) is 4.06. The monoisotopic (exact) mass is 343 g/mol. The number of thiophene rings is 1. The van der Waals surface area contributed by atoms with E-state index in [2.05, 4.69) is 17.5 Å². The summed E-state index contributed by atoms with van der Waals surface area (Å²) >= 11 is 1.52. The highest BCUT2D eigenvalue weighted by atomic mass is 32.1. The Hall–Kier alpha value is -2.10. The summed E-state index contributed by atoms with van der Waals surface area (Å²) in [5, 5.41) is 14.1. The summed E-state index contributed by atoms with van der Waals surface area (Å²) in [5.74, 6) is 0.161. The van der Waals surface area contributed by atoms with Gasteiger partial charge in [-0.3, -0.25) is 4.79 Å². The Balaban J connectivity index is 1.65. The lowest BCUT2D eigenvalue weighted by Crippen LogP contribution is -2.42. The molecule has 1 fully saturated rings. The molecule has 126 valence electrons. The van der Waals surface area contributed by atoms with Gasteiger partial charge in [-0.2, -0.15) is 5.26 Å². The molecule has 2 aromatic rings. The van der Waals surface area contributed by atoms with Crippen molar-refractivity contribution in [1.29, 1.82) is 5.26 Å². The maximum absolute atomic E-state index is 12.0. The van der Waals surface area contributed by atoms with Crippen molar-refractivity contribution in [1.82, 2.24) is 4.90 Å². The van der Waals surface area contributed by atoms with Crippen molar-refractivity contribution in [2.45, 2.75) is 25.3 Å². The molecule has 0 bridgehead atoms. The number of piperidine rings is 1. The molecule has 3 rings (SSSR count). The van der Waals surface area contributed by atoms with Gasteiger partial charge in [0.25, 0.3) is 0 Å². The molecule has 0 atom stereocenters. The van der Waals surface area contributed by atoms with E-state index in [4.69, 9.17) is 4.74 Å². The van der Waals surface area contributed by atoms with Crippen LogP contribution in [0, 0.1) is 11.3 Å². The zero-order valence-electron chi connectivity index (χ0n) is 13.7. The number of fused-ring (bicyclic) bond motifs is 1. The van der Waals surface area contributed by atoms with Gasteiger partial charge in [0, 0.05) is 36.3 Å². The number of hydrogen-bond acceptors (Lipinski definition) is 5. The first-order valence-electron chi connectivity index (χ1n) is 8.18. The van der Waals surface area contributed by atoms with Crippen LogP contribution in [0.2, 0.25) is 0 Å². The first kappa shape index (κ1) is 16.7. The summed E-state index contributed by atoms with van der Waals surface area (Å²) in [7, 11) is 1.61. The van der Waals surface area contributed by atoms with Crippen LogP contribution in [0.5, 0.6) is 0 Å². The second-order valence-corrected chi connectivity index (χ2v) is 7.01. The van der Waals surface area contributed by atoms with Crippen LogP contribution in [0.25, 0.3) is 10.1 Å². The van der Waals surface area contributed by atoms with Crippen molar-refractivity contribution in [2.24, 2.45) is 0 Å². The number of benzene rings is 1. The molecular weight excluding hydrogens is 322 g/mol. The predicted octanol–water partition coefficient (Wildman–Crippen LogP) is 3.21. The van der Waals surface area contributed by atoms with Crippen LogP contribution < -0.4 is 5.32 Å². The smallest absolute Gasteiger partial charge is 0.224 e. The summed E-state index contributed by atoms with van der Waals surface area (Å²) in [5.41, 5.74) is 0.947. The summed E-state index contributed by atoms with van der Waals surface area (Å²) in [6.45, 7) is 1.98. The number of nitrogens with one attached hydrogen (secondary N) is 1. The molecule has 0 saturated carbocycles. The van der Waals surface area contributed by atoms with E-state index in [0.717, 1.165) is 46.6 Å². The molecule has 0 spiro atoms. The third-order valence-electron chi connectivity index (χ3n) is 4.41. The van der Waals surface area contributed by atoms with Crippen LogP contribution >= 0.6 is 11.3 Å². The Kier molecular flexibility index (Phi) is 5.34. The number of ether oxygens (including phenoxy) is 1. The number of hydrogen-bond donors (Lipinski definition) is 1. The van der Waals surface area contributed by atoms with Crippen molar-refractivity contribution in [2.75, 3.05) is 32.1 Å². The number of carbonyl (C=O) groups is 1. The van der Waals surface area contributed by atoms with Gasteiger partial charge in [-0.25, -0.2) is 0 Å². The Morgan fingerprint density at radius 2 is 2.17 bits per heavy atom. The number of amides is 1. The number of likely N-dealkylation sites (tertiary alicyclic amines) is 1. The minimum atomic E-state index is 0.161. The largest absolute Gasteiger partial charge is 0.384 e. The third-order valence-corrected chi connectivity index (χ3v) is 5.49. The van der Waals surface area contributed by atoms with E-state index in [9.17, 15) is 10.1 Å². The van der Waals surface area contributed by atoms with E-state index < -0.39 is 0 Å². The molecule has 5 nitrogen and oxygen atoms in total. The average molecular weight is 343 g/mol. The number of nitrogens with zero attached hydrogens (tertiary/aromatic N) is 2. The zero-order valence-corrected chi connectivity index (χ0v) is 14.6. The Labute approximate surface area is 145 Å². The minimum absolute atomic E-state index is 0.161. The van der Waals surface area contributed by atoms with Crippen LogP contribution in [0.15, 0.2) is 24.3 Å². The van der Waals surface area contributed by atoms with Gasteiger partial charge in [0.05, 0.1) is 18.7 Å². The van der Waals surface area contributed by atoms with Crippen LogP contribution in [-0.2, 0) is 9.53 Å². The summed E-state index contributed by atoms with van der Waals surface area (Å²) in [4.78, 5) is 14.7. The summed E-state index contributed by atoms with van der Waals surface area (Å²) in [6, 6.07) is 10.7. The lowest BCUT2D eigenvalue weighted by molar-refractivity contribution is -0.133. The second kappa shape index (κ2) is 7.65. The molecule has 6 heteroatoms. The third kappa shape index (κ3) is 3.53. The van der Waals surface area contributed by atoms with Gasteiger partial charge in [0.1, 0.15) is 10.9 Å². The first-order valence-corrected chi connectivity index (χ1v) is 8.99. The van der Waals surface area contributed by atoms with E-state index in [0.29, 0.717) is 19.1 Å². The standard InChI is InChI=1S/C18H21N3O2S/c1-23-11-8-17(22)21-9-6-13(7-10-21)20-18-14-4-2-3-5-15(14)24-16(18)12-19/h2-5,13,20H,6-11H2,1H3. The quantitative estimate of drug-likeness (QED) is 0.905. The van der Waals surface area contributed by atoms with E-state index in [1.54, 1.807) is 7.11 Å². The Morgan fingerprint density at radius 3 is 2.88 bits per heavy atom. The van der Waals surface area contributed by atoms with Crippen LogP contribution in [0.4, 0.5) is 5.69 Å². The highest BCUT2D eigenvalue weighted by Crippen LogP contribution is 2.36. The van der Waals surface area contributed by atoms with Gasteiger partial charge < -0.3 is 15.0 Å². The van der Waals surface area contributed by atoms with Crippen LogP contribution in [0.1, 0.15) is 24.1 Å². The van der Waals surface area contributed by atoms with Crippen molar-refractivity contribution in [3.63, 3.8) is 0 Å². The number of anilines is 1. The molecule has 0 aliphatic carbocycles. The highest BCUT2D eigenvalue weighted by molar-refractivity contribution is 7.20. The first-order chi connectivity index (χ1) is 11.7. The molecule has 1 saturated heterocycles. The van der Waals surface area contributed by atoms with Gasteiger partial charge >= 0.3 is 0 Å². The highest BCUT2D eigenvalue weighted by Gasteiger charge is 2.24. The molecule has 1 amide bonds. The van der Waals surface area contributed by atoms with Gasteiger partial charge in [-0.1, -0.05) is 18.2 Å². The molecule has 24 heavy (non-hydrogen) atoms. The summed E-state index contributed by atoms with van der Waals surface area (Å²) in [6.07, 6.45) is 2.24. The Bertz CT molecular complexity index is 757. The van der Waals surface area contributed by atoms with Crippen molar-refractivity contribution < 1.29 is 9.53 Å². The fraction of sp³-hybridized carbons (Fsp3) is 0.444. The fourth-order valence-electron chi connectivity index (χ4n) is 3.09. The van der Waals surface area contributed by atoms with Crippen LogP contribution in [0.3, 0.4) is 0 Å². The molecule has 1 aliphatic heterocycles. The number of methoxy groups -OCH3 is 1. The molecule has 1 aromatic carbocycles. The van der Waals surface area contributed by atoms with Crippen molar-refractivity contribution >= 4 is 33.0 Å². The molecule has 1 aliphatic rings. The van der Waals surface area contributed by atoms with Gasteiger partial charge in [-0.05, 0) is 18.9 Å². The Morgan fingerprint density at radius 1 is 1.42 bits per heavy atom. The zero-order chi connectivity index (χ0) is 16.9. The number of rotatable bonds is 5. The van der Waals surface area contributed by atoms with E-state index >= 15 is 0 Å². The lowest BCUT2D eigenvalue weighted by Gasteiger charge is -2.33. The maximum atomic E-state index is 12.0. The number of carbonyl (C=O) groups excluding carboxylic acids is 1. The van der Waals surface area contributed by atoms with E-state index in [1.165, 1.54) is 11.3 Å². The molecule has 2 heterocycles. The lowest BCUT2D eigenvalue weighted by atomic mass is 10.0. The normalized spacial score (nSPS) is 15.4. The topological polar surface area (TPSA) is 65.4 Å². The molecule has 0 unspecified atom stereocenters.